The highest BCUT2D eigenvalue weighted by molar-refractivity contribution is 5.89. The van der Waals surface area contributed by atoms with Gasteiger partial charge in [0.1, 0.15) is 11.6 Å². The maximum absolute atomic E-state index is 13.3. The summed E-state index contributed by atoms with van der Waals surface area (Å²) in [5, 5.41) is 0. The Morgan fingerprint density at radius 1 is 0.947 bits per heavy atom. The van der Waals surface area contributed by atoms with Crippen LogP contribution in [0.4, 0.5) is 20.3 Å². The first-order chi connectivity index (χ1) is 18.2. The molecule has 0 spiro atoms. The van der Waals surface area contributed by atoms with Crippen molar-refractivity contribution in [3.8, 4) is 0 Å². The summed E-state index contributed by atoms with van der Waals surface area (Å²) in [6, 6.07) is 20.1. The molecule has 1 aliphatic heterocycles. The van der Waals surface area contributed by atoms with Crippen LogP contribution in [0.1, 0.15) is 32.4 Å². The van der Waals surface area contributed by atoms with Gasteiger partial charge in [0.2, 0.25) is 5.52 Å². The van der Waals surface area contributed by atoms with Gasteiger partial charge in [-0.2, -0.15) is 0 Å². The second kappa shape index (κ2) is 11.5. The van der Waals surface area contributed by atoms with Gasteiger partial charge in [-0.3, -0.25) is 9.69 Å². The Labute approximate surface area is 221 Å². The molecule has 6 nitrogen and oxygen atoms in total. The molecule has 1 fully saturated rings. The highest BCUT2D eigenvalue weighted by Gasteiger charge is 2.35. The number of aromatic nitrogens is 2. The van der Waals surface area contributed by atoms with E-state index in [4.69, 9.17) is 6.57 Å². The van der Waals surface area contributed by atoms with Crippen molar-refractivity contribution in [1.82, 2.24) is 14.5 Å². The van der Waals surface area contributed by atoms with Gasteiger partial charge in [0.15, 0.2) is 0 Å². The highest BCUT2D eigenvalue weighted by atomic mass is 19.1. The molecular formula is C30H31F2N5O. The summed E-state index contributed by atoms with van der Waals surface area (Å²) in [5.74, 6) is -0.0924. The second-order valence-electron chi connectivity index (χ2n) is 9.51. The lowest BCUT2D eigenvalue weighted by molar-refractivity contribution is 0.113. The zero-order chi connectivity index (χ0) is 27.4. The lowest BCUT2D eigenvalue weighted by atomic mass is 9.98. The van der Waals surface area contributed by atoms with Crippen molar-refractivity contribution in [2.75, 3.05) is 18.0 Å². The summed E-state index contributed by atoms with van der Waals surface area (Å²) in [7, 11) is 1.72. The molecule has 8 heteroatoms. The van der Waals surface area contributed by atoms with Crippen LogP contribution in [-0.2, 0) is 7.05 Å². The van der Waals surface area contributed by atoms with E-state index >= 15 is 0 Å². The van der Waals surface area contributed by atoms with E-state index < -0.39 is 0 Å². The fourth-order valence-corrected chi connectivity index (χ4v) is 4.98. The number of hydrogen-bond acceptors (Lipinski definition) is 4. The molecule has 38 heavy (non-hydrogen) atoms. The molecule has 0 saturated carbocycles. The Morgan fingerprint density at radius 3 is 2.21 bits per heavy atom. The molecule has 3 atom stereocenters. The van der Waals surface area contributed by atoms with Gasteiger partial charge in [0.05, 0.1) is 11.2 Å². The molecule has 0 amide bonds. The molecule has 5 rings (SSSR count). The molecule has 0 N–H and O–H groups in total. The van der Waals surface area contributed by atoms with Crippen LogP contribution < -0.4 is 10.5 Å². The second-order valence-corrected chi connectivity index (χ2v) is 9.51. The Bertz CT molecular complexity index is 1500. The summed E-state index contributed by atoms with van der Waals surface area (Å²) >= 11 is 0. The molecule has 0 aliphatic carbocycles. The maximum Gasteiger partial charge on any atom is 0.270 e. The van der Waals surface area contributed by atoms with E-state index in [0.29, 0.717) is 11.3 Å². The lowest BCUT2D eigenvalue weighted by Gasteiger charge is -2.48. The average molecular weight is 516 g/mol. The average Bonchev–Trinajstić information content (AvgIpc) is 2.93. The zero-order valence-corrected chi connectivity index (χ0v) is 22.0. The van der Waals surface area contributed by atoms with Gasteiger partial charge in [-0.15, -0.1) is 4.98 Å². The first-order valence-corrected chi connectivity index (χ1v) is 12.6. The number of piperazine rings is 1. The number of benzene rings is 2. The van der Waals surface area contributed by atoms with E-state index in [1.54, 1.807) is 48.0 Å². The number of halogens is 2. The van der Waals surface area contributed by atoms with E-state index in [1.165, 1.54) is 24.3 Å². The van der Waals surface area contributed by atoms with Crippen molar-refractivity contribution in [2.45, 2.75) is 38.9 Å². The number of anilines is 1. The summed E-state index contributed by atoms with van der Waals surface area (Å²) in [6.07, 6.45) is 0. The van der Waals surface area contributed by atoms with E-state index in [1.807, 2.05) is 12.1 Å². The molecular weight excluding hydrogens is 484 g/mol. The van der Waals surface area contributed by atoms with Crippen LogP contribution in [0.15, 0.2) is 77.6 Å². The molecule has 4 aromatic rings. The molecule has 3 heterocycles. The van der Waals surface area contributed by atoms with E-state index in [0.717, 1.165) is 29.9 Å². The molecule has 196 valence electrons. The monoisotopic (exact) mass is 515 g/mol. The highest BCUT2D eigenvalue weighted by Crippen LogP contribution is 2.33. The molecule has 1 saturated heterocycles. The third-order valence-corrected chi connectivity index (χ3v) is 7.37. The summed E-state index contributed by atoms with van der Waals surface area (Å²) in [5.41, 5.74) is 3.15. The Morgan fingerprint density at radius 2 is 1.61 bits per heavy atom. The predicted molar refractivity (Wildman–Crippen MR) is 147 cm³/mol. The van der Waals surface area contributed by atoms with Crippen LogP contribution in [0.2, 0.25) is 0 Å². The van der Waals surface area contributed by atoms with Crippen molar-refractivity contribution in [3.05, 3.63) is 112 Å². The van der Waals surface area contributed by atoms with Gasteiger partial charge in [0.25, 0.3) is 11.4 Å². The summed E-state index contributed by atoms with van der Waals surface area (Å²) in [4.78, 5) is 25.3. The fourth-order valence-electron chi connectivity index (χ4n) is 4.98. The fraction of sp³-hybridized carbons (Fsp3) is 0.300. The smallest absolute Gasteiger partial charge is 0.270 e. The number of pyridine rings is 2. The Kier molecular flexibility index (Phi) is 8.18. The van der Waals surface area contributed by atoms with Crippen LogP contribution in [0, 0.1) is 18.2 Å². The van der Waals surface area contributed by atoms with Crippen molar-refractivity contribution >= 4 is 22.5 Å². The number of fused-ring (bicyclic) bond motifs is 1. The van der Waals surface area contributed by atoms with Crippen LogP contribution in [0.3, 0.4) is 0 Å². The van der Waals surface area contributed by atoms with Gasteiger partial charge >= 0.3 is 0 Å². The van der Waals surface area contributed by atoms with Crippen LogP contribution in [0.25, 0.3) is 15.9 Å². The van der Waals surface area contributed by atoms with Gasteiger partial charge in [-0.1, -0.05) is 36.9 Å². The minimum Gasteiger partial charge on any atom is -0.362 e. The molecule has 1 aliphatic rings. The molecule has 0 radical (unpaired) electrons. The number of nitrogens with zero attached hydrogens (tertiary/aromatic N) is 5. The van der Waals surface area contributed by atoms with Crippen molar-refractivity contribution in [3.63, 3.8) is 0 Å². The van der Waals surface area contributed by atoms with Crippen molar-refractivity contribution < 1.29 is 8.78 Å². The van der Waals surface area contributed by atoms with Crippen LogP contribution in [0.5, 0.6) is 0 Å². The first-order valence-electron chi connectivity index (χ1n) is 12.6. The van der Waals surface area contributed by atoms with Gasteiger partial charge in [0, 0.05) is 44.3 Å². The number of aryl methyl sites for hydroxylation is 1. The minimum absolute atomic E-state index is 0.0955. The lowest BCUT2D eigenvalue weighted by Crippen LogP contribution is -2.58. The summed E-state index contributed by atoms with van der Waals surface area (Å²) < 4.78 is 26.8. The number of hydrogen-bond donors (Lipinski definition) is 0. The van der Waals surface area contributed by atoms with Gasteiger partial charge < -0.3 is 14.3 Å². The Hall–Kier alpha value is -4.09. The third kappa shape index (κ3) is 5.58. The van der Waals surface area contributed by atoms with Gasteiger partial charge in [-0.25, -0.2) is 8.78 Å². The normalized spacial score (nSPS) is 18.4. The molecule has 3 unspecified atom stereocenters. The van der Waals surface area contributed by atoms with E-state index in [2.05, 4.69) is 40.4 Å². The van der Waals surface area contributed by atoms with Crippen LogP contribution >= 0.6 is 0 Å². The minimum atomic E-state index is -0.231. The van der Waals surface area contributed by atoms with Crippen molar-refractivity contribution in [2.24, 2.45) is 7.05 Å². The predicted octanol–water partition coefficient (Wildman–Crippen LogP) is 6.11. The van der Waals surface area contributed by atoms with Gasteiger partial charge in [-0.05, 0) is 62.7 Å². The quantitative estimate of drug-likeness (QED) is 0.309. The molecule has 0 bridgehead atoms. The SMILES string of the molecule is Fc1ccccc1.[C-]#[N+]c1ccc2c(n1)c(N1CCN(C(C)c3ccc(F)cc3)C(C)C1C)cc(=O)n2C. The van der Waals surface area contributed by atoms with E-state index in [-0.39, 0.29) is 35.3 Å². The van der Waals surface area contributed by atoms with E-state index in [9.17, 15) is 13.6 Å². The standard InChI is InChI=1S/C24H26FN5O.C6H5F/c1-15-16(2)30(13-12-29(15)17(3)18-6-8-19(25)9-7-18)21-14-23(31)28(5)20-10-11-22(26-4)27-24(20)21;7-6-4-2-1-3-5-6/h6-11,14-17H,12-13H2,1-3,5H3;1-5H. The molecule has 2 aromatic heterocycles. The zero-order valence-electron chi connectivity index (χ0n) is 22.0. The maximum atomic E-state index is 13.3. The van der Waals surface area contributed by atoms with Crippen LogP contribution in [-0.4, -0.2) is 39.6 Å². The number of rotatable bonds is 3. The first kappa shape index (κ1) is 27.0. The third-order valence-electron chi connectivity index (χ3n) is 7.37. The molecule has 2 aromatic carbocycles. The topological polar surface area (TPSA) is 45.7 Å². The summed E-state index contributed by atoms with van der Waals surface area (Å²) in [6.45, 7) is 15.3. The Balaban J connectivity index is 0.000000417. The largest absolute Gasteiger partial charge is 0.362 e. The van der Waals surface area contributed by atoms with Crippen molar-refractivity contribution in [1.29, 1.82) is 0 Å².